The molecule has 3 aromatic heterocycles. The zero-order valence-electron chi connectivity index (χ0n) is 59.8. The first-order chi connectivity index (χ1) is 51.0. The zero-order valence-corrected chi connectivity index (χ0v) is 62.6. The van der Waals surface area contributed by atoms with E-state index in [-0.39, 0.29) is 42.9 Å². The van der Waals surface area contributed by atoms with Gasteiger partial charge in [-0.2, -0.15) is 4.98 Å². The van der Waals surface area contributed by atoms with Crippen LogP contribution < -0.4 is 36.2 Å². The summed E-state index contributed by atoms with van der Waals surface area (Å²) in [6.07, 6.45) is 1.32. The number of carbonyl (C=O) groups is 2. The van der Waals surface area contributed by atoms with Gasteiger partial charge in [-0.15, -0.1) is 0 Å². The highest BCUT2D eigenvalue weighted by atomic mass is 31.2. The van der Waals surface area contributed by atoms with E-state index in [0.29, 0.717) is 45.5 Å². The number of hydrogen-bond acceptors (Lipinski definition) is 18. The van der Waals surface area contributed by atoms with E-state index in [2.05, 4.69) is 92.5 Å². The van der Waals surface area contributed by atoms with Gasteiger partial charge in [-0.1, -0.05) is 176 Å². The molecule has 2 amide bonds. The number of ether oxygens (including phenoxy) is 6. The number of benzene rings is 7. The highest BCUT2D eigenvalue weighted by Crippen LogP contribution is 2.61. The van der Waals surface area contributed by atoms with Crippen LogP contribution in [0.15, 0.2) is 224 Å². The van der Waals surface area contributed by atoms with Crippen molar-refractivity contribution in [1.29, 1.82) is 0 Å². The summed E-state index contributed by atoms with van der Waals surface area (Å²) in [5.41, 5.74) is 2.21. The Bertz CT molecular complexity index is 4670. The molecule has 14 rings (SSSR count). The topological polar surface area (TPSA) is 243 Å². The molecule has 26 heteroatoms. The molecule has 0 bridgehead atoms. The lowest BCUT2D eigenvalue weighted by Gasteiger charge is -2.37. The average Bonchev–Trinajstić information content (AvgIpc) is 1.44. The molecule has 544 valence electrons. The van der Waals surface area contributed by atoms with Crippen LogP contribution in [0.3, 0.4) is 0 Å². The average molecular weight is 1470 g/mol. The van der Waals surface area contributed by atoms with Crippen LogP contribution in [0, 0.1) is 18.8 Å². The molecule has 10 aromatic rings. The number of hydrogen-bond donors (Lipinski definition) is 2. The van der Waals surface area contributed by atoms with Crippen molar-refractivity contribution in [3.8, 4) is 11.5 Å². The summed E-state index contributed by atoms with van der Waals surface area (Å²) in [6, 6.07) is 65.4. The molecule has 0 saturated carbocycles. The van der Waals surface area contributed by atoms with E-state index in [1.807, 2.05) is 97.9 Å². The number of anilines is 2. The van der Waals surface area contributed by atoms with Crippen molar-refractivity contribution in [3.05, 3.63) is 263 Å². The molecular formula is C79H86N10O13P2Si. The zero-order chi connectivity index (χ0) is 73.0. The second-order valence-corrected chi connectivity index (χ2v) is 35.5. The van der Waals surface area contributed by atoms with E-state index in [4.69, 9.17) is 52.0 Å². The summed E-state index contributed by atoms with van der Waals surface area (Å²) in [6.45, 7) is 6.44. The molecule has 4 fully saturated rings. The number of imidazole rings is 1. The lowest BCUT2D eigenvalue weighted by atomic mass is 9.80. The van der Waals surface area contributed by atoms with Crippen molar-refractivity contribution in [2.45, 2.75) is 93.9 Å². The molecule has 7 heterocycles. The molecule has 4 saturated heterocycles. The number of nitrogens with one attached hydrogen (secondary N) is 2. The second kappa shape index (κ2) is 31.6. The Morgan fingerprint density at radius 3 is 1.79 bits per heavy atom. The van der Waals surface area contributed by atoms with Gasteiger partial charge in [-0.05, 0) is 105 Å². The van der Waals surface area contributed by atoms with E-state index in [9.17, 15) is 14.4 Å². The predicted molar refractivity (Wildman–Crippen MR) is 404 cm³/mol. The van der Waals surface area contributed by atoms with Crippen LogP contribution in [0.5, 0.6) is 11.5 Å². The molecular weight excluding hydrogens is 1390 g/mol. The van der Waals surface area contributed by atoms with Gasteiger partial charge < -0.3 is 43.6 Å². The Morgan fingerprint density at radius 2 is 1.22 bits per heavy atom. The Kier molecular flexibility index (Phi) is 22.0. The SMILES string of the molecule is COc1ccc(C(OC[C@H]2O[C@@H](n3cc(C)c(NC(=O)c4ccccc4)nc3=O)[C@@H](C)C2OP(=O)(OC[C@H]2O[C@@H](n3cnc4c(NC(=O)c5ccccc5)ncnc43)[C@@H](OC)C2C[P@@]2O[C@H](C[Si](C)(c3ccccc3)c3ccccc3)[C@@H]3CCCN32)N(C)C)(c2ccccc2)c2ccc(OC)cc2)cc1. The molecule has 23 nitrogen and oxygen atoms in total. The Hall–Kier alpha value is -8.97. The first-order valence-electron chi connectivity index (χ1n) is 35.3. The molecule has 0 spiro atoms. The summed E-state index contributed by atoms with van der Waals surface area (Å²) >= 11 is 0. The third kappa shape index (κ3) is 14.8. The van der Waals surface area contributed by atoms with Gasteiger partial charge in [0.1, 0.15) is 70.2 Å². The molecule has 105 heavy (non-hydrogen) atoms. The molecule has 4 aliphatic rings. The van der Waals surface area contributed by atoms with Crippen LogP contribution in [-0.2, 0) is 42.7 Å². The number of rotatable bonds is 27. The van der Waals surface area contributed by atoms with Crippen LogP contribution >= 0.6 is 16.0 Å². The van der Waals surface area contributed by atoms with Crippen LogP contribution in [0.25, 0.3) is 11.2 Å². The Balaban J connectivity index is 0.813. The number of carbonyl (C=O) groups excluding carboxylic acids is 2. The summed E-state index contributed by atoms with van der Waals surface area (Å²) < 4.78 is 85.1. The lowest BCUT2D eigenvalue weighted by Crippen LogP contribution is -2.58. The molecule has 0 radical (unpaired) electrons. The largest absolute Gasteiger partial charge is 0.497 e. The molecule has 4 aliphatic heterocycles. The minimum atomic E-state index is -4.49. The van der Waals surface area contributed by atoms with Crippen molar-refractivity contribution < 1.29 is 56.1 Å². The first-order valence-corrected chi connectivity index (χ1v) is 40.9. The summed E-state index contributed by atoms with van der Waals surface area (Å²) in [5, 5.41) is 8.43. The van der Waals surface area contributed by atoms with Gasteiger partial charge in [-0.25, -0.2) is 29.0 Å². The van der Waals surface area contributed by atoms with E-state index in [1.54, 1.807) is 108 Å². The lowest BCUT2D eigenvalue weighted by molar-refractivity contribution is -0.0946. The molecule has 7 aromatic carbocycles. The molecule has 12 atom stereocenters. The van der Waals surface area contributed by atoms with Crippen molar-refractivity contribution in [2.24, 2.45) is 11.8 Å². The number of aromatic nitrogens is 6. The van der Waals surface area contributed by atoms with E-state index < -0.39 is 90.0 Å². The van der Waals surface area contributed by atoms with Gasteiger partial charge in [-0.3, -0.25) is 32.4 Å². The van der Waals surface area contributed by atoms with Crippen LogP contribution in [0.2, 0.25) is 12.6 Å². The van der Waals surface area contributed by atoms with E-state index in [0.717, 1.165) is 42.1 Å². The maximum absolute atomic E-state index is 16.5. The van der Waals surface area contributed by atoms with Gasteiger partial charge in [0.25, 0.3) is 11.8 Å². The molecule has 3 unspecified atom stereocenters. The second-order valence-electron chi connectivity index (χ2n) is 27.3. The minimum absolute atomic E-state index is 0.0682. The van der Waals surface area contributed by atoms with Crippen molar-refractivity contribution in [2.75, 3.05) is 72.0 Å². The summed E-state index contributed by atoms with van der Waals surface area (Å²) in [4.78, 5) is 60.2. The number of aryl methyl sites for hydroxylation is 1. The normalized spacial score (nSPS) is 23.1. The van der Waals surface area contributed by atoms with Crippen molar-refractivity contribution >= 4 is 69.1 Å². The van der Waals surface area contributed by atoms with Crippen LogP contribution in [-0.4, -0.2) is 156 Å². The molecule has 0 aliphatic carbocycles. The number of amides is 2. The smallest absolute Gasteiger partial charge is 0.408 e. The van der Waals surface area contributed by atoms with Gasteiger partial charge in [0.2, 0.25) is 0 Å². The van der Waals surface area contributed by atoms with Crippen LogP contribution in [0.4, 0.5) is 11.6 Å². The fraction of sp³-hybridized carbons (Fsp3) is 0.329. The van der Waals surface area contributed by atoms with E-state index in [1.165, 1.54) is 25.9 Å². The first kappa shape index (κ1) is 72.9. The van der Waals surface area contributed by atoms with Gasteiger partial charge in [0.15, 0.2) is 23.2 Å². The van der Waals surface area contributed by atoms with Crippen molar-refractivity contribution in [3.63, 3.8) is 0 Å². The number of nitrogens with zero attached hydrogens (tertiary/aromatic N) is 8. The third-order valence-corrected chi connectivity index (χ3v) is 29.5. The fourth-order valence-electron chi connectivity index (χ4n) is 15.2. The van der Waals surface area contributed by atoms with Gasteiger partial charge in [0, 0.05) is 60.6 Å². The number of methoxy groups -OCH3 is 3. The quantitative estimate of drug-likeness (QED) is 0.0276. The van der Waals surface area contributed by atoms with Gasteiger partial charge >= 0.3 is 13.4 Å². The Labute approximate surface area is 612 Å². The van der Waals surface area contributed by atoms with Crippen molar-refractivity contribution in [1.82, 2.24) is 38.4 Å². The maximum atomic E-state index is 16.5. The highest BCUT2D eigenvalue weighted by Gasteiger charge is 2.56. The predicted octanol–water partition coefficient (Wildman–Crippen LogP) is 12.1. The standard InChI is InChI=1S/C79H86N10O13P2Si/c1-52-45-87(78(92)85-71(52)83-74(90)54-25-14-9-15-26-54)76-53(2)69(66(100-76)46-97-79(56-29-18-11-19-30-56,57-36-40-59(94-5)41-37-57)58-38-42-60(95-6)43-39-58)102-104(93,86(3)4)98-47-65-63(70(96-7)77(99-65)88-51-82-68-72(80-50-81-73(68)88)84-75(91)55-27-16-10-17-28-55)48-103-89-44-24-35-64(89)67(101-103)49-105(8,61-31-20-12-21-32-61)62-33-22-13-23-34-62/h9-23,25-34,36-43,45,50-51,53,63-67,69-70,76-77H,24,35,44,46-49H2,1-8H3,(H,80,81,84,91)(H,83,85,90,92)/t53-,63?,64-,65+,66+,67+,69?,70-,76+,77+,103+,104?/m0/s1. The third-order valence-electron chi connectivity index (χ3n) is 20.8. The monoisotopic (exact) mass is 1470 g/mol. The maximum Gasteiger partial charge on any atom is 0.408 e. The Morgan fingerprint density at radius 1 is 0.667 bits per heavy atom. The summed E-state index contributed by atoms with van der Waals surface area (Å²) in [7, 11) is -0.0585. The van der Waals surface area contributed by atoms with Crippen LogP contribution in [0.1, 0.15) is 75.2 Å². The van der Waals surface area contributed by atoms with Gasteiger partial charge in [0.05, 0.1) is 46.0 Å². The van der Waals surface area contributed by atoms with E-state index >= 15 is 4.57 Å². The highest BCUT2D eigenvalue weighted by molar-refractivity contribution is 7.51. The molecule has 2 N–H and O–H groups in total. The number of fused-ring (bicyclic) bond motifs is 2. The summed E-state index contributed by atoms with van der Waals surface area (Å²) in [5.74, 6) is -0.478. The fourth-order valence-corrected chi connectivity index (χ4v) is 23.3. The minimum Gasteiger partial charge on any atom is -0.497 e.